The fraction of sp³-hybridized carbons (Fsp3) is 0.200. The second-order valence-corrected chi connectivity index (χ2v) is 3.56. The first-order chi connectivity index (χ1) is 8.58. The number of amides is 1. The number of H-pyrrole nitrogens is 1. The van der Waals surface area contributed by atoms with Gasteiger partial charge in [0.1, 0.15) is 12.2 Å². The average molecular weight is 250 g/mol. The minimum absolute atomic E-state index is 0.0329. The molecule has 2 N–H and O–H groups in total. The number of nitrogens with one attached hydrogen (secondary N) is 1. The van der Waals surface area contributed by atoms with Gasteiger partial charge in [0.25, 0.3) is 5.91 Å². The molecule has 2 rings (SSSR count). The summed E-state index contributed by atoms with van der Waals surface area (Å²) in [4.78, 5) is 27.7. The smallest absolute Gasteiger partial charge is 0.371 e. The second kappa shape index (κ2) is 4.70. The lowest BCUT2D eigenvalue weighted by atomic mass is 10.3. The molecule has 0 saturated heterocycles. The molecule has 2 aromatic heterocycles. The van der Waals surface area contributed by atoms with Gasteiger partial charge in [0.05, 0.1) is 6.54 Å². The SMILES string of the molecule is CN(Cc1ncn[nH]1)C(=O)c1ccc(C(=O)O)o1. The minimum Gasteiger partial charge on any atom is -0.475 e. The fourth-order valence-corrected chi connectivity index (χ4v) is 1.36. The van der Waals surface area contributed by atoms with Crippen molar-refractivity contribution in [3.05, 3.63) is 35.8 Å². The molecular weight excluding hydrogens is 240 g/mol. The van der Waals surface area contributed by atoms with E-state index in [0.717, 1.165) is 0 Å². The van der Waals surface area contributed by atoms with Crippen LogP contribution in [0.5, 0.6) is 0 Å². The predicted molar refractivity (Wildman–Crippen MR) is 57.8 cm³/mol. The van der Waals surface area contributed by atoms with Crippen LogP contribution in [0.3, 0.4) is 0 Å². The van der Waals surface area contributed by atoms with E-state index < -0.39 is 11.9 Å². The first-order valence-electron chi connectivity index (χ1n) is 5.00. The number of aromatic amines is 1. The number of rotatable bonds is 4. The number of carboxylic acids is 1. The highest BCUT2D eigenvalue weighted by molar-refractivity contribution is 5.93. The molecule has 18 heavy (non-hydrogen) atoms. The Morgan fingerprint density at radius 2 is 2.17 bits per heavy atom. The second-order valence-electron chi connectivity index (χ2n) is 3.56. The van der Waals surface area contributed by atoms with Gasteiger partial charge in [0.15, 0.2) is 5.76 Å². The summed E-state index contributed by atoms with van der Waals surface area (Å²) in [6, 6.07) is 2.56. The Morgan fingerprint density at radius 3 is 2.72 bits per heavy atom. The summed E-state index contributed by atoms with van der Waals surface area (Å²) >= 11 is 0. The summed E-state index contributed by atoms with van der Waals surface area (Å²) < 4.78 is 4.91. The van der Waals surface area contributed by atoms with Crippen LogP contribution in [0.1, 0.15) is 26.9 Å². The molecular formula is C10H10N4O4. The van der Waals surface area contributed by atoms with E-state index in [-0.39, 0.29) is 18.1 Å². The number of carbonyl (C=O) groups excluding carboxylic acids is 1. The summed E-state index contributed by atoms with van der Waals surface area (Å²) in [7, 11) is 1.55. The molecule has 8 nitrogen and oxygen atoms in total. The number of hydrogen-bond donors (Lipinski definition) is 2. The minimum atomic E-state index is -1.22. The number of carbonyl (C=O) groups is 2. The monoisotopic (exact) mass is 250 g/mol. The zero-order valence-electron chi connectivity index (χ0n) is 9.45. The highest BCUT2D eigenvalue weighted by atomic mass is 16.4. The van der Waals surface area contributed by atoms with Crippen molar-refractivity contribution in [3.8, 4) is 0 Å². The molecule has 0 fully saturated rings. The van der Waals surface area contributed by atoms with Crippen LogP contribution in [0.25, 0.3) is 0 Å². The molecule has 1 amide bonds. The molecule has 94 valence electrons. The van der Waals surface area contributed by atoms with Crippen molar-refractivity contribution in [2.75, 3.05) is 7.05 Å². The van der Waals surface area contributed by atoms with E-state index in [1.54, 1.807) is 7.05 Å². The van der Waals surface area contributed by atoms with E-state index in [1.807, 2.05) is 0 Å². The van der Waals surface area contributed by atoms with E-state index in [4.69, 9.17) is 9.52 Å². The van der Waals surface area contributed by atoms with E-state index in [2.05, 4.69) is 15.2 Å². The van der Waals surface area contributed by atoms with Crippen LogP contribution in [-0.2, 0) is 6.54 Å². The molecule has 0 aromatic carbocycles. The molecule has 0 radical (unpaired) electrons. The van der Waals surface area contributed by atoms with Crippen molar-refractivity contribution >= 4 is 11.9 Å². The van der Waals surface area contributed by atoms with E-state index >= 15 is 0 Å². The van der Waals surface area contributed by atoms with Gasteiger partial charge in [-0.1, -0.05) is 0 Å². The maximum atomic E-state index is 11.9. The molecule has 0 aliphatic rings. The topological polar surface area (TPSA) is 112 Å². The Balaban J connectivity index is 2.08. The first kappa shape index (κ1) is 11.8. The lowest BCUT2D eigenvalue weighted by molar-refractivity contribution is 0.0652. The molecule has 8 heteroatoms. The lowest BCUT2D eigenvalue weighted by Crippen LogP contribution is -2.26. The third kappa shape index (κ3) is 2.37. The Kier molecular flexibility index (Phi) is 3.09. The van der Waals surface area contributed by atoms with E-state index in [1.165, 1.54) is 23.4 Å². The van der Waals surface area contributed by atoms with Crippen molar-refractivity contribution in [1.29, 1.82) is 0 Å². The van der Waals surface area contributed by atoms with Crippen LogP contribution in [0.2, 0.25) is 0 Å². The Labute approximate surface area is 101 Å². The number of nitrogens with zero attached hydrogens (tertiary/aromatic N) is 3. The third-order valence-electron chi connectivity index (χ3n) is 2.23. The maximum absolute atomic E-state index is 11.9. The summed E-state index contributed by atoms with van der Waals surface area (Å²) in [5.41, 5.74) is 0. The summed E-state index contributed by atoms with van der Waals surface area (Å²) in [5.74, 6) is -1.43. The largest absolute Gasteiger partial charge is 0.475 e. The Morgan fingerprint density at radius 1 is 1.44 bits per heavy atom. The van der Waals surface area contributed by atoms with Crippen LogP contribution in [-0.4, -0.2) is 44.1 Å². The van der Waals surface area contributed by atoms with Gasteiger partial charge < -0.3 is 14.4 Å². The number of furan rings is 1. The van der Waals surface area contributed by atoms with Gasteiger partial charge in [-0.05, 0) is 12.1 Å². The van der Waals surface area contributed by atoms with E-state index in [0.29, 0.717) is 5.82 Å². The fourth-order valence-electron chi connectivity index (χ4n) is 1.36. The maximum Gasteiger partial charge on any atom is 0.371 e. The average Bonchev–Trinajstić information content (AvgIpc) is 2.98. The molecule has 0 aliphatic carbocycles. The Hall–Kier alpha value is -2.64. The van der Waals surface area contributed by atoms with Crippen molar-refractivity contribution in [2.24, 2.45) is 0 Å². The zero-order chi connectivity index (χ0) is 13.1. The van der Waals surface area contributed by atoms with E-state index in [9.17, 15) is 9.59 Å². The van der Waals surface area contributed by atoms with Gasteiger partial charge in [0.2, 0.25) is 5.76 Å². The third-order valence-corrected chi connectivity index (χ3v) is 2.23. The molecule has 0 spiro atoms. The summed E-state index contributed by atoms with van der Waals surface area (Å²) in [6.45, 7) is 0.224. The van der Waals surface area contributed by atoms with Crippen LogP contribution < -0.4 is 0 Å². The van der Waals surface area contributed by atoms with Crippen LogP contribution >= 0.6 is 0 Å². The van der Waals surface area contributed by atoms with Gasteiger partial charge in [-0.3, -0.25) is 9.89 Å². The molecule has 0 atom stereocenters. The lowest BCUT2D eigenvalue weighted by Gasteiger charge is -2.13. The highest BCUT2D eigenvalue weighted by Crippen LogP contribution is 2.11. The van der Waals surface area contributed by atoms with Crippen LogP contribution in [0.4, 0.5) is 0 Å². The molecule has 2 aromatic rings. The van der Waals surface area contributed by atoms with Gasteiger partial charge in [-0.15, -0.1) is 0 Å². The number of aromatic carboxylic acids is 1. The standard InChI is InChI=1S/C10H10N4O4/c1-14(4-8-11-5-12-13-8)9(15)6-2-3-7(18-6)10(16)17/h2-3,5H,4H2,1H3,(H,16,17)(H,11,12,13). The van der Waals surface area contributed by atoms with Crippen LogP contribution in [0, 0.1) is 0 Å². The van der Waals surface area contributed by atoms with Crippen molar-refractivity contribution in [2.45, 2.75) is 6.54 Å². The molecule has 0 bridgehead atoms. The van der Waals surface area contributed by atoms with Crippen molar-refractivity contribution in [1.82, 2.24) is 20.1 Å². The normalized spacial score (nSPS) is 10.3. The molecule has 0 unspecified atom stereocenters. The van der Waals surface area contributed by atoms with Gasteiger partial charge in [-0.25, -0.2) is 9.78 Å². The molecule has 0 aliphatic heterocycles. The van der Waals surface area contributed by atoms with Crippen LogP contribution in [0.15, 0.2) is 22.9 Å². The predicted octanol–water partition coefficient (Wildman–Crippen LogP) is 0.368. The number of carboxylic acid groups (broad SMARTS) is 1. The molecule has 0 saturated carbocycles. The zero-order valence-corrected chi connectivity index (χ0v) is 9.45. The van der Waals surface area contributed by atoms with Crippen molar-refractivity contribution < 1.29 is 19.1 Å². The van der Waals surface area contributed by atoms with Gasteiger partial charge in [0, 0.05) is 7.05 Å². The number of aromatic nitrogens is 3. The summed E-state index contributed by atoms with van der Waals surface area (Å²) in [5, 5.41) is 15.0. The first-order valence-corrected chi connectivity index (χ1v) is 5.00. The molecule has 2 heterocycles. The quantitative estimate of drug-likeness (QED) is 0.810. The Bertz CT molecular complexity index is 560. The number of hydrogen-bond acceptors (Lipinski definition) is 5. The van der Waals surface area contributed by atoms with Crippen molar-refractivity contribution in [3.63, 3.8) is 0 Å². The van der Waals surface area contributed by atoms with Gasteiger partial charge >= 0.3 is 5.97 Å². The summed E-state index contributed by atoms with van der Waals surface area (Å²) in [6.07, 6.45) is 1.34. The van der Waals surface area contributed by atoms with Gasteiger partial charge in [-0.2, -0.15) is 5.10 Å². The highest BCUT2D eigenvalue weighted by Gasteiger charge is 2.19.